The van der Waals surface area contributed by atoms with Gasteiger partial charge in [0, 0.05) is 12.0 Å². The van der Waals surface area contributed by atoms with Crippen molar-refractivity contribution in [3.63, 3.8) is 0 Å². The van der Waals surface area contributed by atoms with E-state index < -0.39 is 29.6 Å². The minimum Gasteiger partial charge on any atom is -0.467 e. The van der Waals surface area contributed by atoms with Crippen molar-refractivity contribution in [2.75, 3.05) is 7.11 Å². The van der Waals surface area contributed by atoms with Crippen molar-refractivity contribution in [1.82, 2.24) is 5.32 Å². The Morgan fingerprint density at radius 2 is 1.78 bits per heavy atom. The number of rotatable bonds is 5. The first-order valence-electron chi connectivity index (χ1n) is 6.88. The Morgan fingerprint density at radius 1 is 1.09 bits per heavy atom. The third-order valence-electron chi connectivity index (χ3n) is 3.23. The molecule has 23 heavy (non-hydrogen) atoms. The largest absolute Gasteiger partial charge is 0.467 e. The molecule has 0 unspecified atom stereocenters. The maximum Gasteiger partial charge on any atom is 0.328 e. The van der Waals surface area contributed by atoms with E-state index in [0.717, 1.165) is 6.07 Å². The number of ether oxygens (including phenoxy) is 1. The second-order valence-electron chi connectivity index (χ2n) is 4.89. The summed E-state index contributed by atoms with van der Waals surface area (Å²) < 4.78 is 30.8. The Hall–Kier alpha value is -2.76. The Morgan fingerprint density at radius 3 is 2.39 bits per heavy atom. The van der Waals surface area contributed by atoms with Crippen molar-refractivity contribution in [1.29, 1.82) is 0 Å². The highest BCUT2D eigenvalue weighted by Gasteiger charge is 2.22. The van der Waals surface area contributed by atoms with Crippen LogP contribution in [0.3, 0.4) is 0 Å². The molecule has 1 N–H and O–H groups in total. The molecule has 4 nitrogen and oxygen atoms in total. The van der Waals surface area contributed by atoms with Gasteiger partial charge < -0.3 is 10.1 Å². The van der Waals surface area contributed by atoms with Crippen LogP contribution in [-0.2, 0) is 16.0 Å². The molecule has 6 heteroatoms. The lowest BCUT2D eigenvalue weighted by Gasteiger charge is -2.16. The minimum atomic E-state index is -0.957. The van der Waals surface area contributed by atoms with Crippen LogP contribution in [0.15, 0.2) is 48.5 Å². The van der Waals surface area contributed by atoms with Crippen LogP contribution in [-0.4, -0.2) is 25.0 Å². The summed E-state index contributed by atoms with van der Waals surface area (Å²) in [6, 6.07) is 9.72. The molecule has 2 aromatic carbocycles. The summed E-state index contributed by atoms with van der Waals surface area (Å²) in [5.74, 6) is -2.18. The molecule has 0 aliphatic carbocycles. The first-order chi connectivity index (χ1) is 11.0. The fraction of sp³-hybridized carbons (Fsp3) is 0.176. The molecular formula is C17H15F2NO3. The van der Waals surface area contributed by atoms with Gasteiger partial charge in [0.05, 0.1) is 7.11 Å². The van der Waals surface area contributed by atoms with E-state index >= 15 is 0 Å². The van der Waals surface area contributed by atoms with Crippen molar-refractivity contribution in [2.24, 2.45) is 0 Å². The molecule has 0 fully saturated rings. The zero-order chi connectivity index (χ0) is 16.8. The lowest BCUT2D eigenvalue weighted by Crippen LogP contribution is -2.43. The average molecular weight is 319 g/mol. The maximum atomic E-state index is 13.2. The standard InChI is InChI=1S/C17H15F2NO3/c1-23-17(22)15(9-11-5-7-13(18)8-6-11)20-16(21)12-3-2-4-14(19)10-12/h2-8,10,15H,9H2,1H3,(H,20,21)/t15-/m0/s1. The lowest BCUT2D eigenvalue weighted by molar-refractivity contribution is -0.142. The number of hydrogen-bond acceptors (Lipinski definition) is 3. The van der Waals surface area contributed by atoms with Crippen molar-refractivity contribution in [2.45, 2.75) is 12.5 Å². The molecule has 0 spiro atoms. The SMILES string of the molecule is COC(=O)[C@H](Cc1ccc(F)cc1)NC(=O)c1cccc(F)c1. The predicted molar refractivity (Wildman–Crippen MR) is 79.8 cm³/mol. The average Bonchev–Trinajstić information content (AvgIpc) is 2.55. The molecule has 2 aromatic rings. The van der Waals surface area contributed by atoms with Crippen LogP contribution < -0.4 is 5.32 Å². The van der Waals surface area contributed by atoms with Gasteiger partial charge >= 0.3 is 5.97 Å². The molecule has 0 aliphatic heterocycles. The van der Waals surface area contributed by atoms with Crippen molar-refractivity contribution in [3.05, 3.63) is 71.3 Å². The van der Waals surface area contributed by atoms with Gasteiger partial charge in [0.2, 0.25) is 0 Å². The number of methoxy groups -OCH3 is 1. The maximum absolute atomic E-state index is 13.2. The molecule has 0 aliphatic rings. The van der Waals surface area contributed by atoms with E-state index in [1.54, 1.807) is 0 Å². The minimum absolute atomic E-state index is 0.0954. The molecule has 0 radical (unpaired) electrons. The zero-order valence-corrected chi connectivity index (χ0v) is 12.4. The van der Waals surface area contributed by atoms with Gasteiger partial charge in [-0.3, -0.25) is 4.79 Å². The zero-order valence-electron chi connectivity index (χ0n) is 12.4. The van der Waals surface area contributed by atoms with Crippen LogP contribution in [0.1, 0.15) is 15.9 Å². The molecule has 0 heterocycles. The van der Waals surface area contributed by atoms with Gasteiger partial charge in [-0.05, 0) is 35.9 Å². The van der Waals surface area contributed by atoms with Gasteiger partial charge in [0.1, 0.15) is 17.7 Å². The summed E-state index contributed by atoms with van der Waals surface area (Å²) in [6.07, 6.45) is 0.133. The number of nitrogens with one attached hydrogen (secondary N) is 1. The van der Waals surface area contributed by atoms with Crippen LogP contribution in [0.5, 0.6) is 0 Å². The third-order valence-corrected chi connectivity index (χ3v) is 3.23. The van der Waals surface area contributed by atoms with Crippen molar-refractivity contribution in [3.8, 4) is 0 Å². The van der Waals surface area contributed by atoms with Crippen LogP contribution >= 0.6 is 0 Å². The molecule has 0 saturated heterocycles. The lowest BCUT2D eigenvalue weighted by atomic mass is 10.1. The van der Waals surface area contributed by atoms with E-state index in [9.17, 15) is 18.4 Å². The fourth-order valence-corrected chi connectivity index (χ4v) is 2.06. The fourth-order valence-electron chi connectivity index (χ4n) is 2.06. The number of carbonyl (C=O) groups excluding carboxylic acids is 2. The highest BCUT2D eigenvalue weighted by Crippen LogP contribution is 2.09. The van der Waals surface area contributed by atoms with Crippen LogP contribution in [0.4, 0.5) is 8.78 Å². The number of benzene rings is 2. The number of amides is 1. The van der Waals surface area contributed by atoms with E-state index in [4.69, 9.17) is 0 Å². The van der Waals surface area contributed by atoms with Crippen LogP contribution in [0.25, 0.3) is 0 Å². The number of carbonyl (C=O) groups is 2. The predicted octanol–water partition coefficient (Wildman–Crippen LogP) is 2.48. The Bertz CT molecular complexity index is 701. The smallest absolute Gasteiger partial charge is 0.328 e. The summed E-state index contributed by atoms with van der Waals surface area (Å²) >= 11 is 0. The summed E-state index contributed by atoms with van der Waals surface area (Å²) in [4.78, 5) is 24.0. The summed E-state index contributed by atoms with van der Waals surface area (Å²) in [5.41, 5.74) is 0.749. The first kappa shape index (κ1) is 16.6. The third kappa shape index (κ3) is 4.60. The normalized spacial score (nSPS) is 11.6. The van der Waals surface area contributed by atoms with Gasteiger partial charge in [-0.25, -0.2) is 13.6 Å². The topological polar surface area (TPSA) is 55.4 Å². The molecule has 1 atom stereocenters. The van der Waals surface area contributed by atoms with E-state index in [0.29, 0.717) is 5.56 Å². The summed E-state index contributed by atoms with van der Waals surface area (Å²) in [7, 11) is 1.20. The Labute approximate surface area is 132 Å². The molecule has 2 rings (SSSR count). The highest BCUT2D eigenvalue weighted by atomic mass is 19.1. The quantitative estimate of drug-likeness (QED) is 0.862. The molecule has 0 aromatic heterocycles. The van der Waals surface area contributed by atoms with Gasteiger partial charge in [0.15, 0.2) is 0 Å². The summed E-state index contributed by atoms with van der Waals surface area (Å²) in [6.45, 7) is 0. The number of hydrogen-bond donors (Lipinski definition) is 1. The van der Waals surface area contributed by atoms with Gasteiger partial charge in [-0.15, -0.1) is 0 Å². The molecule has 1 amide bonds. The number of esters is 1. The molecule has 0 saturated carbocycles. The molecule has 0 bridgehead atoms. The van der Waals surface area contributed by atoms with Crippen LogP contribution in [0.2, 0.25) is 0 Å². The van der Waals surface area contributed by atoms with Gasteiger partial charge in [-0.2, -0.15) is 0 Å². The van der Waals surface area contributed by atoms with Crippen LogP contribution in [0, 0.1) is 11.6 Å². The number of halogens is 2. The Balaban J connectivity index is 2.13. The van der Waals surface area contributed by atoms with Crippen molar-refractivity contribution < 1.29 is 23.1 Å². The van der Waals surface area contributed by atoms with Crippen molar-refractivity contribution >= 4 is 11.9 Å². The van der Waals surface area contributed by atoms with E-state index in [1.807, 2.05) is 0 Å². The monoisotopic (exact) mass is 319 g/mol. The van der Waals surface area contributed by atoms with E-state index in [1.165, 1.54) is 49.6 Å². The Kier molecular flexibility index (Phi) is 5.41. The highest BCUT2D eigenvalue weighted by molar-refractivity contribution is 5.96. The van der Waals surface area contributed by atoms with E-state index in [-0.39, 0.29) is 12.0 Å². The van der Waals surface area contributed by atoms with Gasteiger partial charge in [-0.1, -0.05) is 18.2 Å². The second-order valence-corrected chi connectivity index (χ2v) is 4.89. The molecular weight excluding hydrogens is 304 g/mol. The van der Waals surface area contributed by atoms with Gasteiger partial charge in [0.25, 0.3) is 5.91 Å². The molecule has 120 valence electrons. The summed E-state index contributed by atoms with van der Waals surface area (Å²) in [5, 5.41) is 2.50. The van der Waals surface area contributed by atoms with E-state index in [2.05, 4.69) is 10.1 Å². The first-order valence-corrected chi connectivity index (χ1v) is 6.88. The second kappa shape index (κ2) is 7.49.